The van der Waals surface area contributed by atoms with Gasteiger partial charge in [-0.2, -0.15) is 0 Å². The Balaban J connectivity index is 2.40. The van der Waals surface area contributed by atoms with Crippen LogP contribution in [0.15, 0.2) is 6.07 Å². The smallest absolute Gasteiger partial charge is 0.152 e. The van der Waals surface area contributed by atoms with Crippen LogP contribution in [0.5, 0.6) is 0 Å². The summed E-state index contributed by atoms with van der Waals surface area (Å²) < 4.78 is 29.2. The molecule has 1 aliphatic rings. The molecule has 0 radical (unpaired) electrons. The van der Waals surface area contributed by atoms with E-state index in [9.17, 15) is 8.78 Å². The van der Waals surface area contributed by atoms with Gasteiger partial charge in [-0.3, -0.25) is 0 Å². The Bertz CT molecular complexity index is 666. The fraction of sp³-hybridized carbons (Fsp3) is 0.385. The molecule has 5 heteroatoms. The Kier molecular flexibility index (Phi) is 2.59. The first-order valence-electron chi connectivity index (χ1n) is 5.75. The van der Waals surface area contributed by atoms with Crippen molar-refractivity contribution < 1.29 is 8.78 Å². The Morgan fingerprint density at radius 1 is 1.28 bits per heavy atom. The number of aryl methyl sites for hydroxylation is 1. The first-order valence-corrected chi connectivity index (χ1v) is 6.82. The molecule has 2 aromatic rings. The summed E-state index contributed by atoms with van der Waals surface area (Å²) in [6.45, 7) is 3.34. The van der Waals surface area contributed by atoms with E-state index in [1.807, 2.05) is 22.6 Å². The SMILES string of the molecule is Cc1nc(I)c2cc(C3(F)CC3)c(C)c(F)c2n1. The summed E-state index contributed by atoms with van der Waals surface area (Å²) in [4.78, 5) is 8.33. The lowest BCUT2D eigenvalue weighted by Crippen LogP contribution is -2.06. The maximum absolute atomic E-state index is 14.3. The number of nitrogens with zero attached hydrogens (tertiary/aromatic N) is 2. The molecule has 1 aromatic heterocycles. The Morgan fingerprint density at radius 3 is 2.56 bits per heavy atom. The maximum atomic E-state index is 14.3. The predicted molar refractivity (Wildman–Crippen MR) is 73.7 cm³/mol. The highest BCUT2D eigenvalue weighted by molar-refractivity contribution is 14.1. The third-order valence-electron chi connectivity index (χ3n) is 3.41. The summed E-state index contributed by atoms with van der Waals surface area (Å²) in [6, 6.07) is 1.71. The van der Waals surface area contributed by atoms with E-state index >= 15 is 0 Å². The van der Waals surface area contributed by atoms with Gasteiger partial charge >= 0.3 is 0 Å². The van der Waals surface area contributed by atoms with Crippen LogP contribution < -0.4 is 0 Å². The molecule has 18 heavy (non-hydrogen) atoms. The second kappa shape index (κ2) is 3.82. The van der Waals surface area contributed by atoms with Crippen LogP contribution in [0.25, 0.3) is 10.9 Å². The average Bonchev–Trinajstić information content (AvgIpc) is 3.03. The molecule has 0 N–H and O–H groups in total. The molecule has 1 fully saturated rings. The highest BCUT2D eigenvalue weighted by Crippen LogP contribution is 2.51. The lowest BCUT2D eigenvalue weighted by atomic mass is 9.99. The first kappa shape index (κ1) is 12.2. The molecule has 1 aromatic carbocycles. The number of benzene rings is 1. The number of aromatic nitrogens is 2. The number of hydrogen-bond acceptors (Lipinski definition) is 2. The quantitative estimate of drug-likeness (QED) is 0.569. The lowest BCUT2D eigenvalue weighted by molar-refractivity contribution is 0.315. The van der Waals surface area contributed by atoms with Crippen molar-refractivity contribution in [3.63, 3.8) is 0 Å². The molecule has 94 valence electrons. The second-order valence-corrected chi connectivity index (χ2v) is 5.81. The number of rotatable bonds is 1. The second-order valence-electron chi connectivity index (χ2n) is 4.79. The summed E-state index contributed by atoms with van der Waals surface area (Å²) in [5.74, 6) is 0.106. The van der Waals surface area contributed by atoms with Gasteiger partial charge in [0, 0.05) is 5.39 Å². The zero-order valence-electron chi connectivity index (χ0n) is 10.0. The highest BCUT2D eigenvalue weighted by Gasteiger charge is 2.46. The van der Waals surface area contributed by atoms with Crippen LogP contribution >= 0.6 is 22.6 Å². The molecule has 2 nitrogen and oxygen atoms in total. The van der Waals surface area contributed by atoms with E-state index in [4.69, 9.17) is 0 Å². The summed E-state index contributed by atoms with van der Waals surface area (Å²) in [5, 5.41) is 0.600. The minimum atomic E-state index is -1.34. The van der Waals surface area contributed by atoms with Crippen molar-refractivity contribution in [2.75, 3.05) is 0 Å². The van der Waals surface area contributed by atoms with Gasteiger partial charge in [0.15, 0.2) is 5.82 Å². The van der Waals surface area contributed by atoms with E-state index in [1.165, 1.54) is 0 Å². The fourth-order valence-corrected chi connectivity index (χ4v) is 3.00. The van der Waals surface area contributed by atoms with Gasteiger partial charge < -0.3 is 0 Å². The van der Waals surface area contributed by atoms with Crippen LogP contribution in [0.1, 0.15) is 29.8 Å². The monoisotopic (exact) mass is 360 g/mol. The van der Waals surface area contributed by atoms with Crippen LogP contribution in [-0.2, 0) is 5.67 Å². The van der Waals surface area contributed by atoms with E-state index in [1.54, 1.807) is 19.9 Å². The van der Waals surface area contributed by atoms with Crippen molar-refractivity contribution in [3.8, 4) is 0 Å². The number of fused-ring (bicyclic) bond motifs is 1. The highest BCUT2D eigenvalue weighted by atomic mass is 127. The van der Waals surface area contributed by atoms with E-state index in [2.05, 4.69) is 9.97 Å². The molecular weight excluding hydrogens is 349 g/mol. The molecule has 1 aliphatic carbocycles. The van der Waals surface area contributed by atoms with E-state index < -0.39 is 11.5 Å². The molecule has 0 saturated heterocycles. The van der Waals surface area contributed by atoms with Crippen LogP contribution in [0.3, 0.4) is 0 Å². The standard InChI is InChI=1S/C13H11F2IN2/c1-6-9(13(15)3-4-13)5-8-11(10(6)14)17-7(2)18-12(8)16/h5H,3-4H2,1-2H3. The van der Waals surface area contributed by atoms with Gasteiger partial charge in [0.25, 0.3) is 0 Å². The average molecular weight is 360 g/mol. The lowest BCUT2D eigenvalue weighted by Gasteiger charge is -2.13. The largest absolute Gasteiger partial charge is 0.239 e. The summed E-state index contributed by atoms with van der Waals surface area (Å²) in [6.07, 6.45) is 0.949. The van der Waals surface area contributed by atoms with Gasteiger partial charge in [0.2, 0.25) is 0 Å². The zero-order valence-corrected chi connectivity index (χ0v) is 12.2. The molecule has 1 saturated carbocycles. The third kappa shape index (κ3) is 1.71. The summed E-state index contributed by atoms with van der Waals surface area (Å²) in [5.41, 5.74) is -0.223. The first-order chi connectivity index (χ1) is 8.42. The van der Waals surface area contributed by atoms with E-state index in [0.29, 0.717) is 38.9 Å². The van der Waals surface area contributed by atoms with Crippen LogP contribution in [0.4, 0.5) is 8.78 Å². The van der Waals surface area contributed by atoms with Crippen molar-refractivity contribution in [1.82, 2.24) is 9.97 Å². The number of alkyl halides is 1. The number of halogens is 3. The van der Waals surface area contributed by atoms with Crippen LogP contribution in [0, 0.1) is 23.4 Å². The molecule has 0 bridgehead atoms. The van der Waals surface area contributed by atoms with Gasteiger partial charge in [-0.1, -0.05) is 0 Å². The van der Waals surface area contributed by atoms with E-state index in [0.717, 1.165) is 0 Å². The Hall–Kier alpha value is -0.850. The van der Waals surface area contributed by atoms with Crippen molar-refractivity contribution >= 4 is 33.5 Å². The minimum absolute atomic E-state index is 0.289. The van der Waals surface area contributed by atoms with Crippen molar-refractivity contribution in [3.05, 3.63) is 32.5 Å². The van der Waals surface area contributed by atoms with Gasteiger partial charge in [-0.15, -0.1) is 0 Å². The molecular formula is C13H11F2IN2. The summed E-state index contributed by atoms with van der Waals surface area (Å²) >= 11 is 2.04. The molecule has 0 atom stereocenters. The molecule has 0 aliphatic heterocycles. The topological polar surface area (TPSA) is 25.8 Å². The van der Waals surface area contributed by atoms with Crippen molar-refractivity contribution in [1.29, 1.82) is 0 Å². The molecule has 3 rings (SSSR count). The minimum Gasteiger partial charge on any atom is -0.239 e. The summed E-state index contributed by atoms with van der Waals surface area (Å²) in [7, 11) is 0. The predicted octanol–water partition coefficient (Wildman–Crippen LogP) is 3.95. The van der Waals surface area contributed by atoms with Crippen LogP contribution in [-0.4, -0.2) is 9.97 Å². The van der Waals surface area contributed by atoms with E-state index in [-0.39, 0.29) is 5.52 Å². The Morgan fingerprint density at radius 2 is 1.94 bits per heavy atom. The van der Waals surface area contributed by atoms with Crippen molar-refractivity contribution in [2.24, 2.45) is 0 Å². The van der Waals surface area contributed by atoms with Gasteiger partial charge in [-0.05, 0) is 66.5 Å². The van der Waals surface area contributed by atoms with Crippen LogP contribution in [0.2, 0.25) is 0 Å². The normalized spacial score (nSPS) is 17.2. The Labute approximate surface area is 117 Å². The molecule has 1 heterocycles. The molecule has 0 spiro atoms. The van der Waals surface area contributed by atoms with Gasteiger partial charge in [-0.25, -0.2) is 18.7 Å². The maximum Gasteiger partial charge on any atom is 0.152 e. The fourth-order valence-electron chi connectivity index (χ4n) is 2.24. The molecule has 0 unspecified atom stereocenters. The third-order valence-corrected chi connectivity index (χ3v) is 4.23. The van der Waals surface area contributed by atoms with Gasteiger partial charge in [0.1, 0.15) is 20.7 Å². The van der Waals surface area contributed by atoms with Crippen molar-refractivity contribution in [2.45, 2.75) is 32.4 Å². The van der Waals surface area contributed by atoms with Gasteiger partial charge in [0.05, 0.1) is 0 Å². The molecule has 0 amide bonds. The zero-order chi connectivity index (χ0) is 13.1. The number of hydrogen-bond donors (Lipinski definition) is 0.